The molecule has 7 heteroatoms. The molecular weight excluding hydrogens is 336 g/mol. The van der Waals surface area contributed by atoms with Crippen LogP contribution in [0.3, 0.4) is 0 Å². The number of piperidine rings is 2. The highest BCUT2D eigenvalue weighted by Gasteiger charge is 2.49. The molecule has 2 atom stereocenters. The van der Waals surface area contributed by atoms with Crippen LogP contribution in [0.25, 0.3) is 0 Å². The summed E-state index contributed by atoms with van der Waals surface area (Å²) in [6, 6.07) is 2.01. The van der Waals surface area contributed by atoms with Crippen LogP contribution in [-0.2, 0) is 6.54 Å². The number of imidazole rings is 1. The van der Waals surface area contributed by atoms with Gasteiger partial charge in [0.1, 0.15) is 5.82 Å². The number of likely N-dealkylation sites (tertiary alicyclic amines) is 2. The zero-order valence-electron chi connectivity index (χ0n) is 14.2. The first-order valence-electron chi connectivity index (χ1n) is 8.86. The number of hydrogen-bond donors (Lipinski definition) is 2. The summed E-state index contributed by atoms with van der Waals surface area (Å²) in [7, 11) is 0. The molecule has 0 aromatic carbocycles. The number of aliphatic hydroxyl groups is 1. The Hall–Kier alpha value is -1.70. The Kier molecular flexibility index (Phi) is 4.62. The van der Waals surface area contributed by atoms with Crippen LogP contribution in [0.4, 0.5) is 0 Å². The van der Waals surface area contributed by atoms with E-state index in [0.29, 0.717) is 0 Å². The average molecular weight is 360 g/mol. The number of aliphatic hydroxyl groups excluding tert-OH is 1. The van der Waals surface area contributed by atoms with E-state index in [2.05, 4.69) is 14.9 Å². The lowest BCUT2D eigenvalue weighted by Gasteiger charge is -2.54. The maximum Gasteiger partial charge on any atom is 0.254 e. The average Bonchev–Trinajstić information content (AvgIpc) is 3.34. The molecule has 2 saturated heterocycles. The van der Waals surface area contributed by atoms with Gasteiger partial charge in [0.25, 0.3) is 5.91 Å². The summed E-state index contributed by atoms with van der Waals surface area (Å²) in [4.78, 5) is 24.8. The van der Waals surface area contributed by atoms with Crippen LogP contribution in [0.15, 0.2) is 29.2 Å². The Morgan fingerprint density at radius 2 is 2.40 bits per heavy atom. The molecule has 6 nitrogen and oxygen atoms in total. The molecule has 4 rings (SSSR count). The third-order valence-corrected chi connectivity index (χ3v) is 6.37. The number of H-pyrrole nitrogens is 1. The van der Waals surface area contributed by atoms with E-state index in [9.17, 15) is 9.90 Å². The van der Waals surface area contributed by atoms with E-state index in [1.165, 1.54) is 0 Å². The maximum atomic E-state index is 12.9. The summed E-state index contributed by atoms with van der Waals surface area (Å²) in [5.41, 5.74) is 0.547. The Morgan fingerprint density at radius 3 is 3.12 bits per heavy atom. The monoisotopic (exact) mass is 360 g/mol. The topological polar surface area (TPSA) is 72.5 Å². The Labute approximate surface area is 151 Å². The Balaban J connectivity index is 1.53. The van der Waals surface area contributed by atoms with Gasteiger partial charge in [-0.25, -0.2) is 4.98 Å². The van der Waals surface area contributed by atoms with E-state index in [4.69, 9.17) is 0 Å². The van der Waals surface area contributed by atoms with E-state index < -0.39 is 0 Å². The van der Waals surface area contributed by atoms with Crippen molar-refractivity contribution in [2.45, 2.75) is 31.8 Å². The minimum Gasteiger partial charge on any atom is -0.396 e. The van der Waals surface area contributed by atoms with Gasteiger partial charge in [-0.3, -0.25) is 9.69 Å². The number of nitrogens with zero attached hydrogens (tertiary/aromatic N) is 3. The molecule has 0 radical (unpaired) electrons. The summed E-state index contributed by atoms with van der Waals surface area (Å²) < 4.78 is 0. The van der Waals surface area contributed by atoms with Gasteiger partial charge in [0.2, 0.25) is 0 Å². The molecule has 0 unspecified atom stereocenters. The number of thiophene rings is 1. The van der Waals surface area contributed by atoms with Crippen molar-refractivity contribution in [1.29, 1.82) is 0 Å². The lowest BCUT2D eigenvalue weighted by Crippen LogP contribution is -2.63. The molecule has 2 N–H and O–H groups in total. The second kappa shape index (κ2) is 6.90. The lowest BCUT2D eigenvalue weighted by molar-refractivity contribution is -0.0690. The van der Waals surface area contributed by atoms with Gasteiger partial charge in [0, 0.05) is 48.9 Å². The molecule has 134 valence electrons. The van der Waals surface area contributed by atoms with E-state index in [-0.39, 0.29) is 24.0 Å². The van der Waals surface area contributed by atoms with Gasteiger partial charge in [0.15, 0.2) is 0 Å². The second-order valence-electron chi connectivity index (χ2n) is 7.19. The molecule has 0 spiro atoms. The maximum absolute atomic E-state index is 12.9. The van der Waals surface area contributed by atoms with Crippen molar-refractivity contribution < 1.29 is 9.90 Å². The van der Waals surface area contributed by atoms with Gasteiger partial charge in [-0.1, -0.05) is 0 Å². The highest BCUT2D eigenvalue weighted by atomic mass is 32.1. The van der Waals surface area contributed by atoms with Crippen LogP contribution in [0, 0.1) is 5.41 Å². The normalized spacial score (nSPS) is 27.2. The van der Waals surface area contributed by atoms with Gasteiger partial charge in [-0.05, 0) is 30.7 Å². The molecular formula is C18H24N4O2S. The fourth-order valence-electron chi connectivity index (χ4n) is 4.49. The molecule has 0 bridgehead atoms. The SMILES string of the molecule is O=C(c1ccsc1)N1CCC[C@]2(CO)CN(Cc3ncc[nH]3)CC[C@@H]12. The van der Waals surface area contributed by atoms with Gasteiger partial charge in [-0.2, -0.15) is 11.3 Å². The number of fused-ring (bicyclic) bond motifs is 1. The summed E-state index contributed by atoms with van der Waals surface area (Å²) in [6.07, 6.45) is 6.42. The van der Waals surface area contributed by atoms with E-state index in [1.54, 1.807) is 17.5 Å². The second-order valence-corrected chi connectivity index (χ2v) is 7.97. The standard InChI is InChI=1S/C18H24N4O2S/c23-13-18-4-1-7-22(17(24)14-3-9-25-11-14)15(18)2-8-21(12-18)10-16-19-5-6-20-16/h3,5-6,9,11,15,23H,1-2,4,7-8,10,12-13H2,(H,19,20)/t15-,18-/m1/s1. The Bertz CT molecular complexity index is 703. The highest BCUT2D eigenvalue weighted by molar-refractivity contribution is 7.08. The lowest BCUT2D eigenvalue weighted by atomic mass is 9.69. The van der Waals surface area contributed by atoms with Gasteiger partial charge in [-0.15, -0.1) is 0 Å². The van der Waals surface area contributed by atoms with Crippen LogP contribution < -0.4 is 0 Å². The first-order chi connectivity index (χ1) is 12.2. The Morgan fingerprint density at radius 1 is 1.48 bits per heavy atom. The number of aromatic nitrogens is 2. The smallest absolute Gasteiger partial charge is 0.254 e. The number of carbonyl (C=O) groups excluding carboxylic acids is 1. The van der Waals surface area contributed by atoms with Crippen molar-refractivity contribution in [3.05, 3.63) is 40.6 Å². The first kappa shape index (κ1) is 16.8. The minimum atomic E-state index is -0.227. The van der Waals surface area contributed by atoms with Crippen LogP contribution in [0.2, 0.25) is 0 Å². The molecule has 1 amide bonds. The zero-order chi connectivity index (χ0) is 17.3. The van der Waals surface area contributed by atoms with Crippen LogP contribution in [0.5, 0.6) is 0 Å². The predicted octanol–water partition coefficient (Wildman–Crippen LogP) is 1.96. The third kappa shape index (κ3) is 3.12. The number of hydrogen-bond acceptors (Lipinski definition) is 5. The molecule has 2 aromatic heterocycles. The summed E-state index contributed by atoms with van der Waals surface area (Å²) in [5.74, 6) is 1.07. The van der Waals surface area contributed by atoms with Crippen LogP contribution >= 0.6 is 11.3 Å². The number of rotatable bonds is 4. The van der Waals surface area contributed by atoms with E-state index >= 15 is 0 Å². The number of aromatic amines is 1. The summed E-state index contributed by atoms with van der Waals surface area (Å²) in [6.45, 7) is 3.40. The van der Waals surface area contributed by atoms with Gasteiger partial charge < -0.3 is 15.0 Å². The number of carbonyl (C=O) groups is 1. The molecule has 2 aliphatic rings. The molecule has 25 heavy (non-hydrogen) atoms. The van der Waals surface area contributed by atoms with Gasteiger partial charge in [0.05, 0.1) is 18.7 Å². The van der Waals surface area contributed by atoms with E-state index in [1.807, 2.05) is 27.9 Å². The first-order valence-corrected chi connectivity index (χ1v) is 9.81. The molecule has 2 aromatic rings. The summed E-state index contributed by atoms with van der Waals surface area (Å²) >= 11 is 1.55. The molecule has 0 saturated carbocycles. The fourth-order valence-corrected chi connectivity index (χ4v) is 5.12. The molecule has 2 aliphatic heterocycles. The number of amides is 1. The molecule has 2 fully saturated rings. The third-order valence-electron chi connectivity index (χ3n) is 5.69. The fraction of sp³-hybridized carbons (Fsp3) is 0.556. The molecule has 0 aliphatic carbocycles. The molecule has 4 heterocycles. The predicted molar refractivity (Wildman–Crippen MR) is 96.4 cm³/mol. The summed E-state index contributed by atoms with van der Waals surface area (Å²) in [5, 5.41) is 14.1. The van der Waals surface area contributed by atoms with E-state index in [0.717, 1.165) is 56.8 Å². The van der Waals surface area contributed by atoms with Gasteiger partial charge >= 0.3 is 0 Å². The minimum absolute atomic E-state index is 0.114. The van der Waals surface area contributed by atoms with Crippen molar-refractivity contribution in [2.75, 3.05) is 26.2 Å². The van der Waals surface area contributed by atoms with Crippen LogP contribution in [0.1, 0.15) is 35.4 Å². The van der Waals surface area contributed by atoms with Crippen molar-refractivity contribution in [3.63, 3.8) is 0 Å². The van der Waals surface area contributed by atoms with Crippen molar-refractivity contribution in [3.8, 4) is 0 Å². The zero-order valence-corrected chi connectivity index (χ0v) is 15.0. The van der Waals surface area contributed by atoms with Crippen molar-refractivity contribution >= 4 is 17.2 Å². The quantitative estimate of drug-likeness (QED) is 0.874. The van der Waals surface area contributed by atoms with Crippen molar-refractivity contribution in [1.82, 2.24) is 19.8 Å². The number of nitrogens with one attached hydrogen (secondary N) is 1. The van der Waals surface area contributed by atoms with Crippen molar-refractivity contribution in [2.24, 2.45) is 5.41 Å². The largest absolute Gasteiger partial charge is 0.396 e. The van der Waals surface area contributed by atoms with Crippen LogP contribution in [-0.4, -0.2) is 63.1 Å². The highest BCUT2D eigenvalue weighted by Crippen LogP contribution is 2.42.